The fraction of sp³-hybridized carbons (Fsp3) is 0.0833. The summed E-state index contributed by atoms with van der Waals surface area (Å²) in [6.07, 6.45) is 1.90. The van der Waals surface area contributed by atoms with Crippen molar-refractivity contribution < 1.29 is 4.79 Å². The normalized spacial score (nSPS) is 10.9. The second-order valence-electron chi connectivity index (χ2n) is 3.60. The number of rotatable bonds is 4. The maximum atomic E-state index is 11.9. The standard InChI is InChI=1S/C12H9N3OS2/c16-9(10-4-3-7-17-10)8-18-12-14-13-11-5-1-2-6-15(11)12/h1-7H,8H2. The van der Waals surface area contributed by atoms with E-state index >= 15 is 0 Å². The highest BCUT2D eigenvalue weighted by atomic mass is 32.2. The van der Waals surface area contributed by atoms with Gasteiger partial charge in [0.2, 0.25) is 0 Å². The van der Waals surface area contributed by atoms with Gasteiger partial charge in [0.1, 0.15) is 0 Å². The number of hydrogen-bond donors (Lipinski definition) is 0. The Labute approximate surface area is 112 Å². The molecule has 3 aromatic heterocycles. The van der Waals surface area contributed by atoms with Gasteiger partial charge in [-0.3, -0.25) is 9.20 Å². The molecule has 0 atom stereocenters. The Morgan fingerprint density at radius 1 is 1.28 bits per heavy atom. The molecule has 0 aliphatic carbocycles. The first kappa shape index (κ1) is 11.4. The Balaban J connectivity index is 1.76. The number of aromatic nitrogens is 3. The van der Waals surface area contributed by atoms with Gasteiger partial charge in [-0.1, -0.05) is 23.9 Å². The van der Waals surface area contributed by atoms with Gasteiger partial charge in [-0.15, -0.1) is 21.5 Å². The fourth-order valence-corrected chi connectivity index (χ4v) is 3.12. The number of Topliss-reactive ketones (excluding diaryl/α,β-unsaturated/α-hetero) is 1. The van der Waals surface area contributed by atoms with E-state index in [0.29, 0.717) is 5.75 Å². The fourth-order valence-electron chi connectivity index (χ4n) is 1.56. The number of pyridine rings is 1. The van der Waals surface area contributed by atoms with Crippen molar-refractivity contribution in [2.75, 3.05) is 5.75 Å². The lowest BCUT2D eigenvalue weighted by molar-refractivity contribution is 0.102. The van der Waals surface area contributed by atoms with Crippen LogP contribution in [0.25, 0.3) is 5.65 Å². The van der Waals surface area contributed by atoms with Gasteiger partial charge in [0.25, 0.3) is 0 Å². The van der Waals surface area contributed by atoms with Crippen LogP contribution in [0.5, 0.6) is 0 Å². The van der Waals surface area contributed by atoms with Crippen LogP contribution < -0.4 is 0 Å². The van der Waals surface area contributed by atoms with E-state index in [1.807, 2.05) is 46.3 Å². The third-order valence-electron chi connectivity index (χ3n) is 2.41. The van der Waals surface area contributed by atoms with Gasteiger partial charge < -0.3 is 0 Å². The van der Waals surface area contributed by atoms with Crippen LogP contribution in [0.15, 0.2) is 47.1 Å². The summed E-state index contributed by atoms with van der Waals surface area (Å²) in [5.74, 6) is 0.513. The molecule has 90 valence electrons. The number of thioether (sulfide) groups is 1. The molecule has 3 heterocycles. The minimum atomic E-state index is 0.127. The topological polar surface area (TPSA) is 47.3 Å². The first-order chi connectivity index (χ1) is 8.84. The number of carbonyl (C=O) groups is 1. The molecule has 0 spiro atoms. The molecule has 3 rings (SSSR count). The molecule has 0 N–H and O–H groups in total. The van der Waals surface area contributed by atoms with Crippen molar-refractivity contribution in [1.82, 2.24) is 14.6 Å². The van der Waals surface area contributed by atoms with Crippen LogP contribution in [0.4, 0.5) is 0 Å². The van der Waals surface area contributed by atoms with Gasteiger partial charge >= 0.3 is 0 Å². The molecule has 0 aliphatic rings. The number of nitrogens with zero attached hydrogens (tertiary/aromatic N) is 3. The van der Waals surface area contributed by atoms with Crippen LogP contribution in [-0.2, 0) is 0 Å². The van der Waals surface area contributed by atoms with E-state index in [4.69, 9.17) is 0 Å². The Bertz CT molecular complexity index is 676. The summed E-state index contributed by atoms with van der Waals surface area (Å²) in [5, 5.41) is 10.8. The van der Waals surface area contributed by atoms with Gasteiger partial charge in [-0.2, -0.15) is 0 Å². The zero-order valence-corrected chi connectivity index (χ0v) is 10.9. The number of ketones is 1. The summed E-state index contributed by atoms with van der Waals surface area (Å²) in [6.45, 7) is 0. The molecule has 0 aromatic carbocycles. The van der Waals surface area contributed by atoms with Crippen molar-refractivity contribution in [1.29, 1.82) is 0 Å². The second-order valence-corrected chi connectivity index (χ2v) is 5.49. The first-order valence-electron chi connectivity index (χ1n) is 5.34. The van der Waals surface area contributed by atoms with Crippen molar-refractivity contribution >= 4 is 34.5 Å². The molecule has 0 bridgehead atoms. The van der Waals surface area contributed by atoms with Gasteiger partial charge in [-0.25, -0.2) is 0 Å². The number of carbonyl (C=O) groups excluding carboxylic acids is 1. The number of fused-ring (bicyclic) bond motifs is 1. The van der Waals surface area contributed by atoms with Crippen LogP contribution in [0, 0.1) is 0 Å². The highest BCUT2D eigenvalue weighted by molar-refractivity contribution is 7.99. The van der Waals surface area contributed by atoms with Crippen LogP contribution in [0.2, 0.25) is 0 Å². The molecule has 4 nitrogen and oxygen atoms in total. The van der Waals surface area contributed by atoms with Gasteiger partial charge in [-0.05, 0) is 23.6 Å². The van der Waals surface area contributed by atoms with Gasteiger partial charge in [0.15, 0.2) is 16.6 Å². The maximum absolute atomic E-state index is 11.9. The highest BCUT2D eigenvalue weighted by Gasteiger charge is 2.10. The Kier molecular flexibility index (Phi) is 3.12. The molecule has 0 aliphatic heterocycles. The average Bonchev–Trinajstić information content (AvgIpc) is 3.06. The molecular weight excluding hydrogens is 266 g/mol. The van der Waals surface area contributed by atoms with E-state index in [9.17, 15) is 4.79 Å². The van der Waals surface area contributed by atoms with Gasteiger partial charge in [0, 0.05) is 6.20 Å². The van der Waals surface area contributed by atoms with E-state index in [2.05, 4.69) is 10.2 Å². The van der Waals surface area contributed by atoms with Crippen LogP contribution in [0.1, 0.15) is 9.67 Å². The van der Waals surface area contributed by atoms with Gasteiger partial charge in [0.05, 0.1) is 10.6 Å². The molecule has 0 saturated carbocycles. The molecule has 0 saturated heterocycles. The summed E-state index contributed by atoms with van der Waals surface area (Å²) in [5.41, 5.74) is 0.795. The largest absolute Gasteiger partial charge is 0.292 e. The van der Waals surface area contributed by atoms with Crippen LogP contribution in [-0.4, -0.2) is 26.1 Å². The maximum Gasteiger partial charge on any atom is 0.196 e. The van der Waals surface area contributed by atoms with Crippen LogP contribution in [0.3, 0.4) is 0 Å². The summed E-state index contributed by atoms with van der Waals surface area (Å²) in [7, 11) is 0. The van der Waals surface area contributed by atoms with E-state index < -0.39 is 0 Å². The van der Waals surface area contributed by atoms with E-state index in [-0.39, 0.29) is 5.78 Å². The predicted molar refractivity (Wildman–Crippen MR) is 72.4 cm³/mol. The highest BCUT2D eigenvalue weighted by Crippen LogP contribution is 2.19. The quantitative estimate of drug-likeness (QED) is 0.542. The minimum absolute atomic E-state index is 0.127. The molecule has 0 amide bonds. The summed E-state index contributed by atoms with van der Waals surface area (Å²) in [4.78, 5) is 12.7. The molecule has 18 heavy (non-hydrogen) atoms. The van der Waals surface area contributed by atoms with Crippen molar-refractivity contribution in [3.8, 4) is 0 Å². The zero-order chi connectivity index (χ0) is 12.4. The first-order valence-corrected chi connectivity index (χ1v) is 7.20. The smallest absolute Gasteiger partial charge is 0.196 e. The monoisotopic (exact) mass is 275 g/mol. The molecule has 0 fully saturated rings. The number of thiophene rings is 1. The lowest BCUT2D eigenvalue weighted by Crippen LogP contribution is -2.00. The molecule has 3 aromatic rings. The lowest BCUT2D eigenvalue weighted by Gasteiger charge is -1.98. The molecule has 6 heteroatoms. The average molecular weight is 275 g/mol. The minimum Gasteiger partial charge on any atom is -0.292 e. The van der Waals surface area contributed by atoms with Crippen molar-refractivity contribution in [3.63, 3.8) is 0 Å². The second kappa shape index (κ2) is 4.91. The third kappa shape index (κ3) is 2.16. The Hall–Kier alpha value is -1.66. The SMILES string of the molecule is O=C(CSc1nnc2ccccn12)c1cccs1. The third-order valence-corrected chi connectivity index (χ3v) is 4.26. The Morgan fingerprint density at radius 3 is 3.06 bits per heavy atom. The van der Waals surface area contributed by atoms with Crippen LogP contribution >= 0.6 is 23.1 Å². The molecule has 0 radical (unpaired) electrons. The summed E-state index contributed by atoms with van der Waals surface area (Å²) < 4.78 is 1.88. The summed E-state index contributed by atoms with van der Waals surface area (Å²) in [6, 6.07) is 9.44. The lowest BCUT2D eigenvalue weighted by atomic mass is 10.4. The van der Waals surface area contributed by atoms with Crippen molar-refractivity contribution in [3.05, 3.63) is 46.8 Å². The summed E-state index contributed by atoms with van der Waals surface area (Å²) >= 11 is 2.88. The van der Waals surface area contributed by atoms with E-state index in [0.717, 1.165) is 15.7 Å². The van der Waals surface area contributed by atoms with E-state index in [1.165, 1.54) is 23.1 Å². The van der Waals surface area contributed by atoms with Crippen molar-refractivity contribution in [2.45, 2.75) is 5.16 Å². The predicted octanol–water partition coefficient (Wildman–Crippen LogP) is 2.77. The Morgan fingerprint density at radius 2 is 2.22 bits per heavy atom. The molecule has 0 unspecified atom stereocenters. The van der Waals surface area contributed by atoms with Crippen molar-refractivity contribution in [2.24, 2.45) is 0 Å². The zero-order valence-electron chi connectivity index (χ0n) is 9.31. The molecular formula is C12H9N3OS2. The van der Waals surface area contributed by atoms with E-state index in [1.54, 1.807) is 0 Å². The number of hydrogen-bond acceptors (Lipinski definition) is 5.